The first-order valence-corrected chi connectivity index (χ1v) is 7.52. The number of hydrogen-bond acceptors (Lipinski definition) is 6. The highest BCUT2D eigenvalue weighted by Gasteiger charge is 2.16. The second kappa shape index (κ2) is 6.81. The minimum atomic E-state index is 0.173. The number of hydrogen-bond donors (Lipinski definition) is 2. The van der Waals surface area contributed by atoms with Crippen molar-refractivity contribution in [3.8, 4) is 0 Å². The van der Waals surface area contributed by atoms with Crippen LogP contribution in [0.2, 0.25) is 0 Å². The number of nitrogens with one attached hydrogen (secondary N) is 2. The number of azo groups is 1. The molecular formula is C14H26N6. The van der Waals surface area contributed by atoms with E-state index in [2.05, 4.69) is 58.5 Å². The summed E-state index contributed by atoms with van der Waals surface area (Å²) in [5.74, 6) is 2.12. The van der Waals surface area contributed by atoms with Crippen molar-refractivity contribution >= 4 is 11.7 Å². The van der Waals surface area contributed by atoms with Gasteiger partial charge in [-0.15, -0.1) is 0 Å². The summed E-state index contributed by atoms with van der Waals surface area (Å²) in [7, 11) is 0. The predicted molar refractivity (Wildman–Crippen MR) is 82.8 cm³/mol. The normalized spacial score (nSPS) is 28.8. The van der Waals surface area contributed by atoms with Gasteiger partial charge in [-0.3, -0.25) is 9.98 Å². The van der Waals surface area contributed by atoms with E-state index in [0.29, 0.717) is 12.1 Å². The van der Waals surface area contributed by atoms with E-state index in [1.165, 1.54) is 0 Å². The van der Waals surface area contributed by atoms with Crippen LogP contribution in [0.5, 0.6) is 0 Å². The molecular weight excluding hydrogens is 252 g/mol. The van der Waals surface area contributed by atoms with Crippen LogP contribution in [0.25, 0.3) is 0 Å². The van der Waals surface area contributed by atoms with Gasteiger partial charge in [0.05, 0.1) is 36.8 Å². The van der Waals surface area contributed by atoms with Crippen LogP contribution < -0.4 is 10.6 Å². The van der Waals surface area contributed by atoms with E-state index in [4.69, 9.17) is 0 Å². The fourth-order valence-electron chi connectivity index (χ4n) is 2.36. The lowest BCUT2D eigenvalue weighted by atomic mass is 10.2. The number of nitrogens with zero attached hydrogens (tertiary/aromatic N) is 4. The molecule has 6 nitrogen and oxygen atoms in total. The Kier molecular flexibility index (Phi) is 5.09. The van der Waals surface area contributed by atoms with E-state index >= 15 is 0 Å². The van der Waals surface area contributed by atoms with Crippen molar-refractivity contribution in [1.82, 2.24) is 10.6 Å². The van der Waals surface area contributed by atoms with Crippen molar-refractivity contribution in [2.45, 2.75) is 64.7 Å². The topological polar surface area (TPSA) is 73.5 Å². The fourth-order valence-corrected chi connectivity index (χ4v) is 2.36. The fraction of sp³-hybridized carbons (Fsp3) is 0.857. The molecule has 2 N–H and O–H groups in total. The summed E-state index contributed by atoms with van der Waals surface area (Å²) < 4.78 is 0. The van der Waals surface area contributed by atoms with Gasteiger partial charge in [-0.2, -0.15) is 10.2 Å². The van der Waals surface area contributed by atoms with E-state index in [1.54, 1.807) is 0 Å². The molecule has 2 aliphatic heterocycles. The zero-order chi connectivity index (χ0) is 14.5. The Morgan fingerprint density at radius 3 is 1.65 bits per heavy atom. The molecule has 4 unspecified atom stereocenters. The summed E-state index contributed by atoms with van der Waals surface area (Å²) >= 11 is 0. The molecule has 20 heavy (non-hydrogen) atoms. The van der Waals surface area contributed by atoms with Gasteiger partial charge >= 0.3 is 0 Å². The van der Waals surface area contributed by atoms with Gasteiger partial charge in [-0.1, -0.05) is 0 Å². The molecule has 0 aromatic carbocycles. The molecule has 0 bridgehead atoms. The molecule has 6 heteroatoms. The van der Waals surface area contributed by atoms with Crippen LogP contribution in [-0.2, 0) is 0 Å². The summed E-state index contributed by atoms with van der Waals surface area (Å²) in [6.07, 6.45) is 1.69. The molecule has 0 aromatic heterocycles. The second-order valence-corrected chi connectivity index (χ2v) is 6.00. The number of rotatable bonds is 6. The Hall–Kier alpha value is -1.46. The van der Waals surface area contributed by atoms with Crippen molar-refractivity contribution in [3.05, 3.63) is 0 Å². The molecule has 0 saturated heterocycles. The van der Waals surface area contributed by atoms with Crippen molar-refractivity contribution in [2.75, 3.05) is 13.1 Å². The molecule has 2 heterocycles. The minimum absolute atomic E-state index is 0.173. The molecule has 2 aliphatic rings. The van der Waals surface area contributed by atoms with Crippen LogP contribution in [0.15, 0.2) is 20.2 Å². The minimum Gasteiger partial charge on any atom is -0.369 e. The van der Waals surface area contributed by atoms with E-state index in [0.717, 1.165) is 37.6 Å². The van der Waals surface area contributed by atoms with Crippen LogP contribution in [0.3, 0.4) is 0 Å². The summed E-state index contributed by atoms with van der Waals surface area (Å²) in [5, 5.41) is 15.5. The van der Waals surface area contributed by atoms with Gasteiger partial charge in [-0.25, -0.2) is 0 Å². The third-order valence-electron chi connectivity index (χ3n) is 3.38. The van der Waals surface area contributed by atoms with Gasteiger partial charge in [0.2, 0.25) is 0 Å². The number of aliphatic imine (C=N–C) groups is 2. The summed E-state index contributed by atoms with van der Waals surface area (Å²) in [6.45, 7) is 10.2. The van der Waals surface area contributed by atoms with Crippen molar-refractivity contribution in [3.63, 3.8) is 0 Å². The molecule has 0 saturated carbocycles. The molecule has 0 radical (unpaired) electrons. The third kappa shape index (κ3) is 4.58. The molecule has 4 atom stereocenters. The molecule has 0 amide bonds. The van der Waals surface area contributed by atoms with E-state index in [1.807, 2.05) is 0 Å². The van der Waals surface area contributed by atoms with Crippen LogP contribution in [-0.4, -0.2) is 48.9 Å². The van der Waals surface area contributed by atoms with Crippen molar-refractivity contribution < 1.29 is 0 Å². The molecule has 0 spiro atoms. The maximum absolute atomic E-state index is 4.45. The smallest absolute Gasteiger partial charge is 0.0988 e. The average molecular weight is 278 g/mol. The van der Waals surface area contributed by atoms with Gasteiger partial charge in [0.15, 0.2) is 0 Å². The highest BCUT2D eigenvalue weighted by molar-refractivity contribution is 5.85. The van der Waals surface area contributed by atoms with Gasteiger partial charge in [-0.05, 0) is 27.7 Å². The maximum Gasteiger partial charge on any atom is 0.0988 e. The first-order valence-electron chi connectivity index (χ1n) is 7.52. The van der Waals surface area contributed by atoms with E-state index in [9.17, 15) is 0 Å². The largest absolute Gasteiger partial charge is 0.369 e. The first-order chi connectivity index (χ1) is 9.52. The predicted octanol–water partition coefficient (Wildman–Crippen LogP) is 1.78. The molecule has 0 fully saturated rings. The van der Waals surface area contributed by atoms with Gasteiger partial charge in [0, 0.05) is 24.9 Å². The van der Waals surface area contributed by atoms with Crippen LogP contribution in [0.4, 0.5) is 0 Å². The lowest BCUT2D eigenvalue weighted by Gasteiger charge is -2.10. The lowest BCUT2D eigenvalue weighted by molar-refractivity contribution is 0.628. The Labute approximate surface area is 121 Å². The summed E-state index contributed by atoms with van der Waals surface area (Å²) in [6, 6.07) is 1.26. The SMILES string of the molecule is CC(CC1=NCC(C)N1)N=NC(C)CC1=NCC(C)N1. The van der Waals surface area contributed by atoms with Gasteiger partial charge in [0.25, 0.3) is 0 Å². The average Bonchev–Trinajstić information content (AvgIpc) is 2.96. The lowest BCUT2D eigenvalue weighted by Crippen LogP contribution is -2.29. The summed E-state index contributed by atoms with van der Waals surface area (Å²) in [4.78, 5) is 8.90. The Bertz CT molecular complexity index is 376. The quantitative estimate of drug-likeness (QED) is 0.727. The Balaban J connectivity index is 1.71. The highest BCUT2D eigenvalue weighted by Crippen LogP contribution is 2.08. The van der Waals surface area contributed by atoms with Gasteiger partial charge in [0.1, 0.15) is 0 Å². The zero-order valence-electron chi connectivity index (χ0n) is 12.9. The van der Waals surface area contributed by atoms with Crippen LogP contribution >= 0.6 is 0 Å². The van der Waals surface area contributed by atoms with Crippen LogP contribution in [0.1, 0.15) is 40.5 Å². The Morgan fingerprint density at radius 2 is 1.35 bits per heavy atom. The number of amidine groups is 2. The molecule has 2 rings (SSSR count). The first kappa shape index (κ1) is 14.9. The van der Waals surface area contributed by atoms with Gasteiger partial charge < -0.3 is 10.6 Å². The Morgan fingerprint density at radius 1 is 0.950 bits per heavy atom. The van der Waals surface area contributed by atoms with Crippen molar-refractivity contribution in [1.29, 1.82) is 0 Å². The molecule has 0 aromatic rings. The monoisotopic (exact) mass is 278 g/mol. The highest BCUT2D eigenvalue weighted by atomic mass is 15.2. The molecule has 0 aliphatic carbocycles. The van der Waals surface area contributed by atoms with E-state index in [-0.39, 0.29) is 12.1 Å². The van der Waals surface area contributed by atoms with Crippen molar-refractivity contribution in [2.24, 2.45) is 20.2 Å². The van der Waals surface area contributed by atoms with Crippen LogP contribution in [0, 0.1) is 0 Å². The zero-order valence-corrected chi connectivity index (χ0v) is 12.9. The standard InChI is InChI=1S/C14H26N6/c1-9(5-13-15-7-11(3)17-13)19-20-10(2)6-14-16-8-12(4)18-14/h9-12H,5-8H2,1-4H3,(H,15,17)(H,16,18). The second-order valence-electron chi connectivity index (χ2n) is 6.00. The van der Waals surface area contributed by atoms with E-state index < -0.39 is 0 Å². The molecule has 112 valence electrons. The maximum atomic E-state index is 4.45. The summed E-state index contributed by atoms with van der Waals surface area (Å²) in [5.41, 5.74) is 0. The third-order valence-corrected chi connectivity index (χ3v) is 3.38.